The Morgan fingerprint density at radius 2 is 1.80 bits per heavy atom. The molecule has 2 amide bonds. The lowest BCUT2D eigenvalue weighted by molar-refractivity contribution is -0.123. The first-order valence-electron chi connectivity index (χ1n) is 7.30. The summed E-state index contributed by atoms with van der Waals surface area (Å²) in [5.41, 5.74) is 0.113. The zero-order chi connectivity index (χ0) is 18.4. The minimum atomic E-state index is -1.06. The molecule has 2 aromatic carbocycles. The summed E-state index contributed by atoms with van der Waals surface area (Å²) in [5.74, 6) is -2.92. The van der Waals surface area contributed by atoms with Crippen molar-refractivity contribution in [2.75, 3.05) is 11.9 Å². The number of hydrogen-bond donors (Lipinski definition) is 2. The number of carbonyl (C=O) groups excluding carboxylic acids is 2. The predicted octanol–water partition coefficient (Wildman–Crippen LogP) is 3.85. The Labute approximate surface area is 152 Å². The molecular weight excluding hydrogens is 370 g/mol. The first-order valence-corrected chi connectivity index (χ1v) is 8.56. The zero-order valence-electron chi connectivity index (χ0n) is 13.2. The Bertz CT molecular complexity index is 772. The van der Waals surface area contributed by atoms with Gasteiger partial charge in [0, 0.05) is 21.7 Å². The molecular formula is C17H15ClF2N2O2S. The fraction of sp³-hybridized carbons (Fsp3) is 0.176. The summed E-state index contributed by atoms with van der Waals surface area (Å²) in [6.45, 7) is 1.44. The highest BCUT2D eigenvalue weighted by Gasteiger charge is 2.15. The number of thioether (sulfide) groups is 1. The molecule has 8 heteroatoms. The fourth-order valence-electron chi connectivity index (χ4n) is 1.86. The molecule has 0 unspecified atom stereocenters. The molecule has 2 rings (SSSR count). The molecule has 0 radical (unpaired) electrons. The summed E-state index contributed by atoms with van der Waals surface area (Å²) in [5, 5.41) is 5.06. The lowest BCUT2D eigenvalue weighted by atomic mass is 10.3. The van der Waals surface area contributed by atoms with E-state index in [2.05, 4.69) is 10.6 Å². The lowest BCUT2D eigenvalue weighted by Crippen LogP contribution is -2.37. The van der Waals surface area contributed by atoms with Crippen LogP contribution in [-0.4, -0.2) is 23.6 Å². The molecule has 1 atom stereocenters. The molecule has 0 aliphatic rings. The number of carbonyl (C=O) groups is 2. The largest absolute Gasteiger partial charge is 0.346 e. The van der Waals surface area contributed by atoms with Gasteiger partial charge in [-0.05, 0) is 43.3 Å². The number of benzene rings is 2. The van der Waals surface area contributed by atoms with Gasteiger partial charge in [-0.3, -0.25) is 9.59 Å². The molecule has 0 saturated heterocycles. The molecule has 0 aromatic heterocycles. The standard InChI is InChI=1S/C17H15ClF2N2O2S/c1-10(25-13-5-2-11(18)3-6-13)17(24)21-9-16(23)22-12-4-7-14(19)15(20)8-12/h2-8,10H,9H2,1H3,(H,21,24)(H,22,23)/t10-/m1/s1. The van der Waals surface area contributed by atoms with Gasteiger partial charge >= 0.3 is 0 Å². The predicted molar refractivity (Wildman–Crippen MR) is 94.8 cm³/mol. The van der Waals surface area contributed by atoms with Gasteiger partial charge in [-0.15, -0.1) is 11.8 Å². The van der Waals surface area contributed by atoms with Gasteiger partial charge in [-0.2, -0.15) is 0 Å². The summed E-state index contributed by atoms with van der Waals surface area (Å²) in [6, 6.07) is 10.1. The van der Waals surface area contributed by atoms with Crippen molar-refractivity contribution >= 4 is 40.9 Å². The maximum atomic E-state index is 13.1. The van der Waals surface area contributed by atoms with E-state index < -0.39 is 22.8 Å². The summed E-state index contributed by atoms with van der Waals surface area (Å²) < 4.78 is 25.9. The first kappa shape index (κ1) is 19.2. The maximum absolute atomic E-state index is 13.1. The van der Waals surface area contributed by atoms with Gasteiger partial charge in [-0.25, -0.2) is 8.78 Å². The van der Waals surface area contributed by atoms with E-state index in [0.717, 1.165) is 17.0 Å². The van der Waals surface area contributed by atoms with Crippen molar-refractivity contribution < 1.29 is 18.4 Å². The van der Waals surface area contributed by atoms with Crippen molar-refractivity contribution in [3.05, 3.63) is 59.1 Å². The molecule has 2 aromatic rings. The summed E-state index contributed by atoms with van der Waals surface area (Å²) in [4.78, 5) is 24.7. The van der Waals surface area contributed by atoms with Crippen LogP contribution in [0.3, 0.4) is 0 Å². The third-order valence-electron chi connectivity index (χ3n) is 3.12. The molecule has 2 N–H and O–H groups in total. The van der Waals surface area contributed by atoms with Gasteiger partial charge in [0.1, 0.15) is 0 Å². The van der Waals surface area contributed by atoms with E-state index in [9.17, 15) is 18.4 Å². The van der Waals surface area contributed by atoms with E-state index in [-0.39, 0.29) is 18.1 Å². The lowest BCUT2D eigenvalue weighted by Gasteiger charge is -2.12. The smallest absolute Gasteiger partial charge is 0.243 e. The van der Waals surface area contributed by atoms with Crippen molar-refractivity contribution in [2.45, 2.75) is 17.1 Å². The number of halogens is 3. The van der Waals surface area contributed by atoms with Gasteiger partial charge in [0.2, 0.25) is 11.8 Å². The third-order valence-corrected chi connectivity index (χ3v) is 4.49. The Morgan fingerprint density at radius 1 is 1.12 bits per heavy atom. The van der Waals surface area contributed by atoms with Crippen LogP contribution in [0.2, 0.25) is 5.02 Å². The fourth-order valence-corrected chi connectivity index (χ4v) is 2.88. The molecule has 0 bridgehead atoms. The van der Waals surface area contributed by atoms with Gasteiger partial charge in [0.25, 0.3) is 0 Å². The molecule has 132 valence electrons. The Balaban J connectivity index is 1.80. The average Bonchev–Trinajstić information content (AvgIpc) is 2.58. The SMILES string of the molecule is C[C@@H](Sc1ccc(Cl)cc1)C(=O)NCC(=O)Nc1ccc(F)c(F)c1. The minimum absolute atomic E-state index is 0.113. The number of nitrogens with one attached hydrogen (secondary N) is 2. The van der Waals surface area contributed by atoms with E-state index in [4.69, 9.17) is 11.6 Å². The summed E-state index contributed by atoms with van der Waals surface area (Å²) >= 11 is 7.13. The van der Waals surface area contributed by atoms with Crippen LogP contribution < -0.4 is 10.6 Å². The highest BCUT2D eigenvalue weighted by Crippen LogP contribution is 2.24. The number of anilines is 1. The molecule has 4 nitrogen and oxygen atoms in total. The molecule has 0 saturated carbocycles. The zero-order valence-corrected chi connectivity index (χ0v) is 14.8. The van der Waals surface area contributed by atoms with Crippen molar-refractivity contribution in [2.24, 2.45) is 0 Å². The highest BCUT2D eigenvalue weighted by molar-refractivity contribution is 8.00. The topological polar surface area (TPSA) is 58.2 Å². The van der Waals surface area contributed by atoms with Crippen molar-refractivity contribution in [1.29, 1.82) is 0 Å². The quantitative estimate of drug-likeness (QED) is 0.744. The van der Waals surface area contributed by atoms with Crippen molar-refractivity contribution in [3.63, 3.8) is 0 Å². The van der Waals surface area contributed by atoms with Crippen LogP contribution in [0.15, 0.2) is 47.4 Å². The van der Waals surface area contributed by atoms with Crippen LogP contribution in [-0.2, 0) is 9.59 Å². The van der Waals surface area contributed by atoms with E-state index >= 15 is 0 Å². The van der Waals surface area contributed by atoms with E-state index in [0.29, 0.717) is 5.02 Å². The number of hydrogen-bond acceptors (Lipinski definition) is 3. The minimum Gasteiger partial charge on any atom is -0.346 e. The second-order valence-electron chi connectivity index (χ2n) is 5.11. The third kappa shape index (κ3) is 6.03. The van der Waals surface area contributed by atoms with Crippen LogP contribution in [0.25, 0.3) is 0 Å². The van der Waals surface area contributed by atoms with Crippen LogP contribution >= 0.6 is 23.4 Å². The van der Waals surface area contributed by atoms with E-state index in [1.54, 1.807) is 31.2 Å². The summed E-state index contributed by atoms with van der Waals surface area (Å²) in [7, 11) is 0. The molecule has 0 fully saturated rings. The van der Waals surface area contributed by atoms with Gasteiger partial charge in [0.05, 0.1) is 11.8 Å². The van der Waals surface area contributed by atoms with Crippen LogP contribution in [0.5, 0.6) is 0 Å². The summed E-state index contributed by atoms with van der Waals surface area (Å²) in [6.07, 6.45) is 0. The molecule has 0 aliphatic heterocycles. The maximum Gasteiger partial charge on any atom is 0.243 e. The monoisotopic (exact) mass is 384 g/mol. The van der Waals surface area contributed by atoms with E-state index in [1.165, 1.54) is 17.8 Å². The van der Waals surface area contributed by atoms with Crippen LogP contribution in [0, 0.1) is 11.6 Å². The van der Waals surface area contributed by atoms with E-state index in [1.807, 2.05) is 0 Å². The average molecular weight is 385 g/mol. The van der Waals surface area contributed by atoms with Crippen LogP contribution in [0.1, 0.15) is 6.92 Å². The number of rotatable bonds is 6. The normalized spacial score (nSPS) is 11.7. The molecule has 0 heterocycles. The first-order chi connectivity index (χ1) is 11.8. The Morgan fingerprint density at radius 3 is 2.44 bits per heavy atom. The molecule has 0 aliphatic carbocycles. The molecule has 25 heavy (non-hydrogen) atoms. The Kier molecular flexibility index (Phi) is 6.78. The second kappa shape index (κ2) is 8.82. The highest BCUT2D eigenvalue weighted by atomic mass is 35.5. The van der Waals surface area contributed by atoms with Crippen molar-refractivity contribution in [3.8, 4) is 0 Å². The molecule has 0 spiro atoms. The Hall–Kier alpha value is -2.12. The van der Waals surface area contributed by atoms with Gasteiger partial charge in [-0.1, -0.05) is 11.6 Å². The van der Waals surface area contributed by atoms with Gasteiger partial charge in [0.15, 0.2) is 11.6 Å². The van der Waals surface area contributed by atoms with Crippen molar-refractivity contribution in [1.82, 2.24) is 5.32 Å². The van der Waals surface area contributed by atoms with Crippen LogP contribution in [0.4, 0.5) is 14.5 Å². The number of amides is 2. The van der Waals surface area contributed by atoms with Gasteiger partial charge < -0.3 is 10.6 Å². The second-order valence-corrected chi connectivity index (χ2v) is 6.96.